The first-order chi connectivity index (χ1) is 32.4. The highest BCUT2D eigenvalue weighted by atomic mass is 79.9. The number of carbonyl (C=O) groups is 5. The predicted octanol–water partition coefficient (Wildman–Crippen LogP) is 12.5. The molecule has 0 heterocycles. The fourth-order valence-electron chi connectivity index (χ4n) is 4.61. The van der Waals surface area contributed by atoms with Crippen LogP contribution in [0.15, 0.2) is 126 Å². The van der Waals surface area contributed by atoms with E-state index in [9.17, 15) is 24.0 Å². The summed E-state index contributed by atoms with van der Waals surface area (Å²) in [6.07, 6.45) is -2.85. The molecule has 0 saturated heterocycles. The molecule has 374 valence electrons. The maximum Gasteiger partial charge on any atom is 0.345 e. The van der Waals surface area contributed by atoms with E-state index in [1.807, 2.05) is 6.92 Å². The minimum Gasteiger partial charge on any atom is -0.479 e. The van der Waals surface area contributed by atoms with Crippen LogP contribution in [-0.2, 0) is 24.0 Å². The van der Waals surface area contributed by atoms with Crippen LogP contribution < -0.4 is 23.7 Å². The van der Waals surface area contributed by atoms with Gasteiger partial charge < -0.3 is 49.2 Å². The Balaban J connectivity index is 0.000000432. The summed E-state index contributed by atoms with van der Waals surface area (Å²) in [5, 5.41) is 45.8. The summed E-state index contributed by atoms with van der Waals surface area (Å²) in [5.41, 5.74) is 0. The van der Waals surface area contributed by atoms with Crippen molar-refractivity contribution < 1.29 is 73.2 Å². The lowest BCUT2D eigenvalue weighted by atomic mass is 10.1. The quantitative estimate of drug-likeness (QED) is 0.0549. The fraction of sp³-hybridized carbons (Fsp3) is 0.286. The molecule has 0 aliphatic rings. The molecule has 0 saturated carbocycles. The lowest BCUT2D eigenvalue weighted by Gasteiger charge is -2.18. The number of carboxylic acids is 5. The van der Waals surface area contributed by atoms with Crippen LogP contribution in [0, 0.1) is 5.92 Å². The molecule has 0 radical (unpaired) electrons. The van der Waals surface area contributed by atoms with Crippen molar-refractivity contribution in [1.29, 1.82) is 0 Å². The maximum atomic E-state index is 10.9. The van der Waals surface area contributed by atoms with E-state index >= 15 is 0 Å². The van der Waals surface area contributed by atoms with Gasteiger partial charge in [-0.25, -0.2) is 24.0 Å². The van der Waals surface area contributed by atoms with Gasteiger partial charge in [0.2, 0.25) is 0 Å². The lowest BCUT2D eigenvalue weighted by molar-refractivity contribution is -0.147. The summed E-state index contributed by atoms with van der Waals surface area (Å²) in [6, 6.07) is 33.4. The predicted molar refractivity (Wildman–Crippen MR) is 267 cm³/mol. The van der Waals surface area contributed by atoms with Gasteiger partial charge in [0.25, 0.3) is 0 Å². The number of halogens is 5. The third-order valence-electron chi connectivity index (χ3n) is 8.27. The number of aliphatic carboxylic acids is 5. The number of hydrogen-bond acceptors (Lipinski definition) is 10. The van der Waals surface area contributed by atoms with Gasteiger partial charge in [-0.1, -0.05) is 89.5 Å². The Morgan fingerprint density at radius 2 is 0.681 bits per heavy atom. The molecule has 0 aliphatic carbocycles. The van der Waals surface area contributed by atoms with Crippen molar-refractivity contribution in [2.45, 2.75) is 84.9 Å². The van der Waals surface area contributed by atoms with E-state index in [1.165, 1.54) is 20.8 Å². The van der Waals surface area contributed by atoms with Gasteiger partial charge in [0.1, 0.15) is 28.7 Å². The lowest BCUT2D eigenvalue weighted by Crippen LogP contribution is -2.32. The highest BCUT2D eigenvalue weighted by molar-refractivity contribution is 9.10. The smallest absolute Gasteiger partial charge is 0.345 e. The Kier molecular flexibility index (Phi) is 29.0. The molecule has 15 nitrogen and oxygen atoms in total. The summed E-state index contributed by atoms with van der Waals surface area (Å²) < 4.78 is 26.8. The second kappa shape index (κ2) is 32.8. The second-order valence-electron chi connectivity index (χ2n) is 14.4. The van der Waals surface area contributed by atoms with Crippen molar-refractivity contribution in [2.75, 3.05) is 0 Å². The summed E-state index contributed by atoms with van der Waals surface area (Å²) in [5.74, 6) is -2.34. The van der Waals surface area contributed by atoms with E-state index in [1.54, 1.807) is 135 Å². The van der Waals surface area contributed by atoms with Crippen LogP contribution in [-0.4, -0.2) is 85.9 Å². The number of rotatable bonds is 18. The van der Waals surface area contributed by atoms with Crippen LogP contribution in [0.2, 0.25) is 20.1 Å². The first-order valence-electron chi connectivity index (χ1n) is 20.7. The molecule has 4 unspecified atom stereocenters. The Bertz CT molecular complexity index is 2150. The Hall–Kier alpha value is -5.91. The third kappa shape index (κ3) is 27.0. The zero-order valence-electron chi connectivity index (χ0n) is 38.1. The monoisotopic (exact) mass is 1100 g/mol. The minimum absolute atomic E-state index is 0.0850. The molecule has 5 atom stereocenters. The van der Waals surface area contributed by atoms with Gasteiger partial charge in [-0.3, -0.25) is 0 Å². The molecular formula is C49H53BrCl4O15. The van der Waals surface area contributed by atoms with Gasteiger partial charge in [-0.15, -0.1) is 0 Å². The van der Waals surface area contributed by atoms with Gasteiger partial charge in [0.05, 0.1) is 0 Å². The van der Waals surface area contributed by atoms with E-state index in [0.717, 1.165) is 10.9 Å². The first-order valence-corrected chi connectivity index (χ1v) is 23.0. The molecule has 5 N–H and O–H groups in total. The molecule has 0 amide bonds. The third-order valence-corrected chi connectivity index (χ3v) is 9.80. The molecule has 0 bridgehead atoms. The van der Waals surface area contributed by atoms with Gasteiger partial charge in [0, 0.05) is 30.5 Å². The van der Waals surface area contributed by atoms with Crippen LogP contribution in [0.5, 0.6) is 28.7 Å². The van der Waals surface area contributed by atoms with Crippen molar-refractivity contribution >= 4 is 92.2 Å². The minimum atomic E-state index is -0.991. The van der Waals surface area contributed by atoms with Gasteiger partial charge in [0.15, 0.2) is 30.5 Å². The number of benzene rings is 5. The van der Waals surface area contributed by atoms with Crippen molar-refractivity contribution in [3.05, 3.63) is 146 Å². The summed E-state index contributed by atoms with van der Waals surface area (Å²) in [6.45, 7) is 9.95. The summed E-state index contributed by atoms with van der Waals surface area (Å²) >= 11 is 25.9. The van der Waals surface area contributed by atoms with Gasteiger partial charge in [-0.2, -0.15) is 0 Å². The Morgan fingerprint density at radius 1 is 0.420 bits per heavy atom. The largest absolute Gasteiger partial charge is 0.479 e. The maximum absolute atomic E-state index is 10.9. The van der Waals surface area contributed by atoms with E-state index in [2.05, 4.69) is 15.9 Å². The number of ether oxygens (including phenoxy) is 5. The molecule has 5 rings (SSSR count). The topological polar surface area (TPSA) is 233 Å². The second-order valence-corrected chi connectivity index (χ2v) is 17.1. The molecule has 20 heteroatoms. The van der Waals surface area contributed by atoms with E-state index < -0.39 is 60.4 Å². The average molecular weight is 1100 g/mol. The molecule has 0 fully saturated rings. The van der Waals surface area contributed by atoms with E-state index in [0.29, 0.717) is 55.3 Å². The number of carboxylic acid groups (broad SMARTS) is 5. The molecular weight excluding hydrogens is 1050 g/mol. The van der Waals surface area contributed by atoms with Crippen molar-refractivity contribution in [3.63, 3.8) is 0 Å². The standard InChI is InChI=1S/2C11H13ClO3.C9H9BrO3.2C9H9ClO3/c1-7(2)10(11(13)14)15-9-5-3-8(12)4-6-9;1-2-3-10(11(13)14)15-9-6-4-8(12)5-7-9;3*1-6(9(11)12)13-8-4-2-7(10)3-5-8/h3-7,10H,1-2H3,(H,13,14);4-7,10H,2-3H2,1H3,(H,13,14);3*2-6H,1H3,(H,11,12)/t;;;6-;/m...0./s1. The molecule has 0 spiro atoms. The molecule has 0 aromatic heterocycles. The molecule has 0 aliphatic heterocycles. The van der Waals surface area contributed by atoms with Crippen molar-refractivity contribution in [3.8, 4) is 28.7 Å². The normalized spacial score (nSPS) is 12.2. The van der Waals surface area contributed by atoms with Crippen LogP contribution in [0.3, 0.4) is 0 Å². The molecule has 5 aromatic carbocycles. The van der Waals surface area contributed by atoms with Crippen molar-refractivity contribution in [1.82, 2.24) is 0 Å². The van der Waals surface area contributed by atoms with Crippen LogP contribution in [0.1, 0.15) is 54.4 Å². The summed E-state index contributed by atoms with van der Waals surface area (Å²) in [4.78, 5) is 52.9. The van der Waals surface area contributed by atoms with Crippen LogP contribution in [0.25, 0.3) is 0 Å². The highest BCUT2D eigenvalue weighted by Crippen LogP contribution is 2.22. The fourth-order valence-corrected chi connectivity index (χ4v) is 5.38. The zero-order chi connectivity index (χ0) is 52.2. The average Bonchev–Trinajstić information content (AvgIpc) is 3.29. The molecule has 69 heavy (non-hydrogen) atoms. The van der Waals surface area contributed by atoms with Gasteiger partial charge >= 0.3 is 29.8 Å². The summed E-state index contributed by atoms with van der Waals surface area (Å²) in [7, 11) is 0. The zero-order valence-corrected chi connectivity index (χ0v) is 42.7. The number of hydrogen-bond donors (Lipinski definition) is 5. The van der Waals surface area contributed by atoms with Crippen LogP contribution in [0.4, 0.5) is 0 Å². The molecule has 5 aromatic rings. The van der Waals surface area contributed by atoms with E-state index in [-0.39, 0.29) is 5.92 Å². The Morgan fingerprint density at radius 3 is 0.913 bits per heavy atom. The van der Waals surface area contributed by atoms with Crippen molar-refractivity contribution in [2.24, 2.45) is 5.92 Å². The highest BCUT2D eigenvalue weighted by Gasteiger charge is 2.23. The SMILES string of the molecule is CC(C)C(Oc1ccc(Cl)cc1)C(=O)O.CC(Oc1ccc(Br)cc1)C(=O)O.CC(Oc1ccc(Cl)cc1)C(=O)O.CCCC(Oc1ccc(Cl)cc1)C(=O)O.C[C@H](Oc1ccc(Cl)cc1)C(=O)O. The van der Waals surface area contributed by atoms with Crippen LogP contribution >= 0.6 is 62.3 Å². The van der Waals surface area contributed by atoms with Gasteiger partial charge in [-0.05, 0) is 149 Å². The first kappa shape index (κ1) is 61.1. The van der Waals surface area contributed by atoms with E-state index in [4.69, 9.17) is 95.6 Å². The Labute approximate surface area is 428 Å².